The number of aryl methyl sites for hydroxylation is 1. The van der Waals surface area contributed by atoms with Gasteiger partial charge >= 0.3 is 11.4 Å². The lowest BCUT2D eigenvalue weighted by molar-refractivity contribution is -0.393. The van der Waals surface area contributed by atoms with E-state index in [1.165, 1.54) is 26.3 Å². The minimum atomic E-state index is -0.656. The zero-order chi connectivity index (χ0) is 13.9. The van der Waals surface area contributed by atoms with E-state index in [4.69, 9.17) is 4.84 Å². The number of rotatable bonds is 5. The maximum absolute atomic E-state index is 11.0. The molecule has 1 aromatic rings. The maximum atomic E-state index is 11.0. The summed E-state index contributed by atoms with van der Waals surface area (Å²) in [6.45, 7) is 1.77. The van der Waals surface area contributed by atoms with E-state index in [2.05, 4.69) is 0 Å². The van der Waals surface area contributed by atoms with Crippen molar-refractivity contribution in [3.05, 3.63) is 37.9 Å². The summed E-state index contributed by atoms with van der Waals surface area (Å²) in [6, 6.07) is 2.63. The summed E-state index contributed by atoms with van der Waals surface area (Å²) >= 11 is 0. The topological polar surface area (TPSA) is 98.8 Å². The van der Waals surface area contributed by atoms with Crippen LogP contribution >= 0.6 is 0 Å². The largest absolute Gasteiger partial charge is 0.302 e. The minimum absolute atomic E-state index is 0.162. The van der Waals surface area contributed by atoms with E-state index >= 15 is 0 Å². The van der Waals surface area contributed by atoms with Crippen LogP contribution in [0, 0.1) is 20.2 Å². The smallest absolute Gasteiger partial charge is 0.277 e. The van der Waals surface area contributed by atoms with Gasteiger partial charge < -0.3 is 0 Å². The number of nitro groups is 2. The first-order valence-corrected chi connectivity index (χ1v) is 5.15. The zero-order valence-electron chi connectivity index (χ0n) is 10.2. The molecule has 0 aliphatic carbocycles. The highest BCUT2D eigenvalue weighted by atomic mass is 16.7. The Labute approximate surface area is 103 Å². The normalized spacial score (nSPS) is 10.2. The van der Waals surface area contributed by atoms with Crippen molar-refractivity contribution in [2.45, 2.75) is 13.3 Å². The van der Waals surface area contributed by atoms with Crippen molar-refractivity contribution >= 4 is 17.1 Å². The van der Waals surface area contributed by atoms with Gasteiger partial charge in [0.25, 0.3) is 0 Å². The molecule has 0 bridgehead atoms. The van der Waals surface area contributed by atoms with Crippen molar-refractivity contribution in [1.29, 1.82) is 0 Å². The molecule has 1 aromatic carbocycles. The summed E-state index contributed by atoms with van der Waals surface area (Å²) in [5.41, 5.74) is -0.317. The van der Waals surface area contributed by atoms with Crippen molar-refractivity contribution in [3.8, 4) is 0 Å². The number of nitrogens with zero attached hydrogens (tertiary/aromatic N) is 3. The molecular weight excluding hydrogens is 242 g/mol. The van der Waals surface area contributed by atoms with Crippen LogP contribution in [0.5, 0.6) is 0 Å². The summed E-state index contributed by atoms with van der Waals surface area (Å²) in [4.78, 5) is 25.5. The molecule has 0 aliphatic rings. The van der Waals surface area contributed by atoms with Crippen LogP contribution < -0.4 is 5.06 Å². The average molecular weight is 255 g/mol. The van der Waals surface area contributed by atoms with E-state index in [0.717, 1.165) is 5.06 Å². The van der Waals surface area contributed by atoms with Crippen molar-refractivity contribution in [3.63, 3.8) is 0 Å². The molecule has 0 heterocycles. The molecule has 0 N–H and O–H groups in total. The number of hydroxylamine groups is 1. The van der Waals surface area contributed by atoms with E-state index < -0.39 is 9.85 Å². The molecule has 0 amide bonds. The summed E-state index contributed by atoms with van der Waals surface area (Å²) < 4.78 is 0. The van der Waals surface area contributed by atoms with E-state index in [-0.39, 0.29) is 17.1 Å². The lowest BCUT2D eigenvalue weighted by atomic mass is 10.1. The Balaban J connectivity index is 3.60. The van der Waals surface area contributed by atoms with Gasteiger partial charge in [-0.05, 0) is 12.0 Å². The summed E-state index contributed by atoms with van der Waals surface area (Å²) in [6.07, 6.45) is 0.471. The van der Waals surface area contributed by atoms with Crippen LogP contribution in [0.3, 0.4) is 0 Å². The number of hydrogen-bond acceptors (Lipinski definition) is 6. The standard InChI is InChI=1S/C10H13N3O5/c1-4-7-5-8(12(14)15)10(11(2)18-3)9(6-7)13(16)17/h5-6H,4H2,1-3H3. The highest BCUT2D eigenvalue weighted by Gasteiger charge is 2.29. The Hall–Kier alpha value is -2.22. The third-order valence-corrected chi connectivity index (χ3v) is 2.52. The van der Waals surface area contributed by atoms with E-state index in [1.807, 2.05) is 0 Å². The van der Waals surface area contributed by atoms with Gasteiger partial charge in [-0.3, -0.25) is 25.1 Å². The molecule has 98 valence electrons. The van der Waals surface area contributed by atoms with Gasteiger partial charge in [0, 0.05) is 19.2 Å². The highest BCUT2D eigenvalue weighted by Crippen LogP contribution is 2.38. The second kappa shape index (κ2) is 5.41. The number of nitro benzene ring substituents is 2. The molecule has 8 heteroatoms. The molecule has 0 atom stereocenters. The Morgan fingerprint density at radius 2 is 1.67 bits per heavy atom. The first kappa shape index (κ1) is 13.8. The van der Waals surface area contributed by atoms with E-state index in [1.54, 1.807) is 6.92 Å². The Kier molecular flexibility index (Phi) is 4.16. The van der Waals surface area contributed by atoms with Crippen LogP contribution in [0.25, 0.3) is 0 Å². The third kappa shape index (κ3) is 2.54. The molecule has 0 aliphatic heterocycles. The predicted molar refractivity (Wildman–Crippen MR) is 64.5 cm³/mol. The molecule has 0 unspecified atom stereocenters. The van der Waals surface area contributed by atoms with Crippen LogP contribution in [0.1, 0.15) is 12.5 Å². The fraction of sp³-hybridized carbons (Fsp3) is 0.400. The van der Waals surface area contributed by atoms with Gasteiger partial charge in [0.2, 0.25) is 5.69 Å². The highest BCUT2D eigenvalue weighted by molar-refractivity contribution is 5.74. The number of benzene rings is 1. The van der Waals surface area contributed by atoms with Gasteiger partial charge in [-0.1, -0.05) is 6.92 Å². The van der Waals surface area contributed by atoms with Crippen molar-refractivity contribution < 1.29 is 14.7 Å². The van der Waals surface area contributed by atoms with Crippen molar-refractivity contribution in [1.82, 2.24) is 0 Å². The lowest BCUT2D eigenvalue weighted by Crippen LogP contribution is -2.18. The Morgan fingerprint density at radius 3 is 1.94 bits per heavy atom. The second-order valence-corrected chi connectivity index (χ2v) is 3.53. The molecular formula is C10H13N3O5. The Bertz CT molecular complexity index is 453. The predicted octanol–water partition coefficient (Wildman–Crippen LogP) is 2.06. The SMILES string of the molecule is CCc1cc([N+](=O)[O-])c(N(C)OC)c([N+](=O)[O-])c1. The molecule has 0 fully saturated rings. The van der Waals surface area contributed by atoms with Gasteiger partial charge in [-0.25, -0.2) is 5.06 Å². The molecule has 1 rings (SSSR count). The zero-order valence-corrected chi connectivity index (χ0v) is 10.2. The number of hydrogen-bond donors (Lipinski definition) is 0. The molecule has 0 radical (unpaired) electrons. The Morgan fingerprint density at radius 1 is 1.22 bits per heavy atom. The fourth-order valence-corrected chi connectivity index (χ4v) is 1.56. The molecule has 18 heavy (non-hydrogen) atoms. The molecule has 0 aromatic heterocycles. The van der Waals surface area contributed by atoms with Crippen LogP contribution in [0.4, 0.5) is 17.1 Å². The van der Waals surface area contributed by atoms with E-state index in [0.29, 0.717) is 12.0 Å². The first-order valence-electron chi connectivity index (χ1n) is 5.15. The minimum Gasteiger partial charge on any atom is -0.277 e. The lowest BCUT2D eigenvalue weighted by Gasteiger charge is -2.16. The number of anilines is 1. The van der Waals surface area contributed by atoms with Crippen LogP contribution in [0.15, 0.2) is 12.1 Å². The van der Waals surface area contributed by atoms with Crippen molar-refractivity contribution in [2.24, 2.45) is 0 Å². The average Bonchev–Trinajstić information content (AvgIpc) is 2.35. The quantitative estimate of drug-likeness (QED) is 0.589. The van der Waals surface area contributed by atoms with Gasteiger partial charge in [-0.15, -0.1) is 0 Å². The van der Waals surface area contributed by atoms with Gasteiger partial charge in [0.1, 0.15) is 0 Å². The molecule has 8 nitrogen and oxygen atoms in total. The van der Waals surface area contributed by atoms with Crippen LogP contribution in [-0.2, 0) is 11.3 Å². The first-order chi connectivity index (χ1) is 8.42. The van der Waals surface area contributed by atoms with Gasteiger partial charge in [-0.2, -0.15) is 0 Å². The van der Waals surface area contributed by atoms with Gasteiger partial charge in [0.15, 0.2) is 0 Å². The second-order valence-electron chi connectivity index (χ2n) is 3.53. The molecule has 0 spiro atoms. The summed E-state index contributed by atoms with van der Waals surface area (Å²) in [5.74, 6) is 0. The fourth-order valence-electron chi connectivity index (χ4n) is 1.56. The van der Waals surface area contributed by atoms with Crippen LogP contribution in [0.2, 0.25) is 0 Å². The van der Waals surface area contributed by atoms with Crippen molar-refractivity contribution in [2.75, 3.05) is 19.2 Å². The maximum Gasteiger partial charge on any atom is 0.302 e. The van der Waals surface area contributed by atoms with Gasteiger partial charge in [0.05, 0.1) is 17.0 Å². The summed E-state index contributed by atoms with van der Waals surface area (Å²) in [7, 11) is 2.65. The molecule has 0 saturated heterocycles. The third-order valence-electron chi connectivity index (χ3n) is 2.52. The van der Waals surface area contributed by atoms with E-state index in [9.17, 15) is 20.2 Å². The monoisotopic (exact) mass is 255 g/mol. The van der Waals surface area contributed by atoms with Crippen LogP contribution in [-0.4, -0.2) is 24.0 Å². The molecule has 0 saturated carbocycles. The summed E-state index contributed by atoms with van der Waals surface area (Å²) in [5, 5.41) is 23.0.